The molecular weight excluding hydrogens is 522 g/mol. The van der Waals surface area contributed by atoms with Crippen LogP contribution in [0.2, 0.25) is 0 Å². The van der Waals surface area contributed by atoms with Gasteiger partial charge in [0.05, 0.1) is 17.0 Å². The number of hydrogen-bond donors (Lipinski definition) is 2. The van der Waals surface area contributed by atoms with Gasteiger partial charge in [0.15, 0.2) is 0 Å². The van der Waals surface area contributed by atoms with Gasteiger partial charge >= 0.3 is 0 Å². The molecule has 0 unspecified atom stereocenters. The van der Waals surface area contributed by atoms with E-state index in [-0.39, 0.29) is 54.9 Å². The Hall–Kier alpha value is -3.28. The van der Waals surface area contributed by atoms with E-state index >= 15 is 0 Å². The van der Waals surface area contributed by atoms with Crippen LogP contribution in [0.3, 0.4) is 0 Å². The Kier molecular flexibility index (Phi) is 10.2. The molecule has 1 saturated carbocycles. The second kappa shape index (κ2) is 13.2. The van der Waals surface area contributed by atoms with E-state index in [1.165, 1.54) is 31.2 Å². The van der Waals surface area contributed by atoms with Crippen LogP contribution in [0.25, 0.3) is 0 Å². The van der Waals surface area contributed by atoms with Crippen molar-refractivity contribution in [1.29, 1.82) is 0 Å². The Morgan fingerprint density at radius 1 is 1.08 bits per heavy atom. The Bertz CT molecular complexity index is 1250. The van der Waals surface area contributed by atoms with Crippen LogP contribution >= 0.6 is 0 Å². The highest BCUT2D eigenvalue weighted by atomic mass is 32.2. The number of amides is 2. The van der Waals surface area contributed by atoms with Gasteiger partial charge in [0.1, 0.15) is 11.9 Å². The highest BCUT2D eigenvalue weighted by Gasteiger charge is 2.38. The first-order valence-corrected chi connectivity index (χ1v) is 14.4. The summed E-state index contributed by atoms with van der Waals surface area (Å²) in [5.74, 6) is -0.449. The van der Waals surface area contributed by atoms with E-state index < -0.39 is 34.3 Å². The van der Waals surface area contributed by atoms with Crippen LogP contribution in [0.15, 0.2) is 59.5 Å². The summed E-state index contributed by atoms with van der Waals surface area (Å²) in [5.41, 5.74) is 1.19. The zero-order chi connectivity index (χ0) is 28.7. The van der Waals surface area contributed by atoms with Crippen molar-refractivity contribution in [3.05, 3.63) is 60.2 Å². The van der Waals surface area contributed by atoms with Crippen LogP contribution in [0, 0.1) is 5.92 Å². The van der Waals surface area contributed by atoms with Gasteiger partial charge in [-0.15, -0.1) is 0 Å². The lowest BCUT2D eigenvalue weighted by Crippen LogP contribution is -2.59. The third-order valence-corrected chi connectivity index (χ3v) is 8.53. The maximum absolute atomic E-state index is 13.7. The van der Waals surface area contributed by atoms with E-state index in [0.717, 1.165) is 14.8 Å². The van der Waals surface area contributed by atoms with Crippen LogP contribution in [-0.4, -0.2) is 71.8 Å². The van der Waals surface area contributed by atoms with Gasteiger partial charge in [-0.25, -0.2) is 8.42 Å². The summed E-state index contributed by atoms with van der Waals surface area (Å²) in [4.78, 5) is 36.7. The minimum Gasteiger partial charge on any atom is -0.530 e. The van der Waals surface area contributed by atoms with E-state index in [1.807, 2.05) is 19.9 Å². The zero-order valence-electron chi connectivity index (χ0n) is 22.4. The molecule has 2 amide bonds. The van der Waals surface area contributed by atoms with E-state index in [2.05, 4.69) is 5.32 Å². The molecule has 0 aromatic heterocycles. The molecule has 10 nitrogen and oxygen atoms in total. The fourth-order valence-electron chi connectivity index (χ4n) is 4.93. The number of carbonyl (C=O) groups is 3. The van der Waals surface area contributed by atoms with Gasteiger partial charge in [-0.3, -0.25) is 9.59 Å². The van der Waals surface area contributed by atoms with Crippen molar-refractivity contribution < 1.29 is 33.0 Å². The molecule has 3 atom stereocenters. The Balaban J connectivity index is 1.94. The van der Waals surface area contributed by atoms with Crippen molar-refractivity contribution in [3.63, 3.8) is 0 Å². The molecule has 0 saturated heterocycles. The molecule has 0 aliphatic heterocycles. The molecule has 11 heteroatoms. The lowest BCUT2D eigenvalue weighted by atomic mass is 9.97. The number of Topliss-reactive ketones (excluding diaryl/α,β-unsaturated/α-hetero) is 1. The number of carboxylic acid groups (broad SMARTS) is 1. The highest BCUT2D eigenvalue weighted by molar-refractivity contribution is 7.89. The fourth-order valence-corrected chi connectivity index (χ4v) is 6.56. The van der Waals surface area contributed by atoms with Gasteiger partial charge in [-0.1, -0.05) is 44.2 Å². The predicted molar refractivity (Wildman–Crippen MR) is 144 cm³/mol. The second-order valence-electron chi connectivity index (χ2n) is 10.4. The number of aliphatic hydroxyl groups is 1. The Morgan fingerprint density at radius 3 is 2.23 bits per heavy atom. The molecule has 2 N–H and O–H groups in total. The summed E-state index contributed by atoms with van der Waals surface area (Å²) >= 11 is 0. The quantitative estimate of drug-likeness (QED) is 0.405. The molecule has 1 fully saturated rings. The average Bonchev–Trinajstić information content (AvgIpc) is 3.28. The van der Waals surface area contributed by atoms with Crippen molar-refractivity contribution in [2.75, 3.05) is 18.4 Å². The fraction of sp³-hybridized carbons (Fsp3) is 0.464. The topological polar surface area (TPSA) is 147 Å². The molecule has 0 bridgehead atoms. The molecule has 2 aromatic rings. The molecule has 1 aliphatic carbocycles. The molecule has 0 spiro atoms. The minimum absolute atomic E-state index is 0.0257. The molecule has 39 heavy (non-hydrogen) atoms. The second-order valence-corrected chi connectivity index (χ2v) is 12.3. The number of hydrogen-bond acceptors (Lipinski definition) is 7. The number of nitrogens with zero attached hydrogens (tertiary/aromatic N) is 2. The van der Waals surface area contributed by atoms with Gasteiger partial charge in [-0.2, -0.15) is 4.31 Å². The monoisotopic (exact) mass is 558 g/mol. The van der Waals surface area contributed by atoms with Crippen LogP contribution in [-0.2, 0) is 26.0 Å². The predicted octanol–water partition coefficient (Wildman–Crippen LogP) is 2.03. The van der Waals surface area contributed by atoms with Crippen LogP contribution in [0.1, 0.15) is 45.6 Å². The smallest absolute Gasteiger partial charge is 0.243 e. The molecule has 1 aliphatic rings. The number of aliphatic hydroxyl groups excluding tert-OH is 1. The van der Waals surface area contributed by atoms with Crippen LogP contribution in [0.4, 0.5) is 10.5 Å². The number of sulfonamides is 1. The number of anilines is 1. The first kappa shape index (κ1) is 30.3. The van der Waals surface area contributed by atoms with Gasteiger partial charge in [-0.05, 0) is 48.6 Å². The maximum Gasteiger partial charge on any atom is 0.243 e. The van der Waals surface area contributed by atoms with Crippen LogP contribution in [0.5, 0.6) is 0 Å². The number of rotatable bonds is 12. The highest BCUT2D eigenvalue weighted by Crippen LogP contribution is 2.27. The standard InChI is InChI=1S/C28H37N3O7S/c1-19(2)17-30(39(37,38)25-13-9-22(10-14-25)29-20(3)32)18-27(34)26(15-21-7-5-4-6-8-21)31(28(35)36)23-11-12-24(33)16-23/h4-10,13-14,19,23,26-27,34H,11-12,15-18H2,1-3H3,(H,29,32)(H,35,36)/p-1/t23-,26-,27+/m0/s1. The molecule has 3 rings (SSSR count). The summed E-state index contributed by atoms with van der Waals surface area (Å²) in [6.07, 6.45) is -2.22. The minimum atomic E-state index is -4.09. The van der Waals surface area contributed by atoms with Crippen molar-refractivity contribution in [1.82, 2.24) is 9.21 Å². The van der Waals surface area contributed by atoms with Crippen molar-refractivity contribution in [3.8, 4) is 0 Å². The SMILES string of the molecule is CC(=O)Nc1ccc(S(=O)(=O)N(CC(C)C)C[C@@H](O)[C@H](Cc2ccccc2)N(C(=O)[O-])[C@H]2CCC(=O)C2)cc1. The normalized spacial score (nSPS) is 17.3. The first-order chi connectivity index (χ1) is 18.4. The Labute approximate surface area is 229 Å². The third-order valence-electron chi connectivity index (χ3n) is 6.68. The largest absolute Gasteiger partial charge is 0.530 e. The molecular formula is C28H36N3O7S-. The molecule has 212 valence electrons. The molecule has 0 heterocycles. The number of ketones is 1. The number of carbonyl (C=O) groups excluding carboxylic acids is 3. The van der Waals surface area contributed by atoms with Gasteiger partial charge in [0, 0.05) is 44.6 Å². The maximum atomic E-state index is 13.7. The number of benzene rings is 2. The van der Waals surface area contributed by atoms with E-state index in [0.29, 0.717) is 12.1 Å². The zero-order valence-corrected chi connectivity index (χ0v) is 23.3. The van der Waals surface area contributed by atoms with Gasteiger partial charge in [0.2, 0.25) is 15.9 Å². The first-order valence-electron chi connectivity index (χ1n) is 13.0. The van der Waals surface area contributed by atoms with E-state index in [4.69, 9.17) is 0 Å². The summed E-state index contributed by atoms with van der Waals surface area (Å²) in [6.45, 7) is 4.75. The Morgan fingerprint density at radius 2 is 1.72 bits per heavy atom. The third kappa shape index (κ3) is 8.11. The lowest BCUT2D eigenvalue weighted by molar-refractivity contribution is -0.272. The van der Waals surface area contributed by atoms with Crippen molar-refractivity contribution in [2.45, 2.75) is 69.5 Å². The molecule has 2 aromatic carbocycles. The van der Waals surface area contributed by atoms with E-state index in [9.17, 15) is 33.0 Å². The van der Waals surface area contributed by atoms with Gasteiger partial charge in [0.25, 0.3) is 0 Å². The lowest BCUT2D eigenvalue weighted by Gasteiger charge is -2.42. The summed E-state index contributed by atoms with van der Waals surface area (Å²) in [5, 5.41) is 26.4. The average molecular weight is 559 g/mol. The summed E-state index contributed by atoms with van der Waals surface area (Å²) in [7, 11) is -4.09. The van der Waals surface area contributed by atoms with E-state index in [1.54, 1.807) is 24.3 Å². The van der Waals surface area contributed by atoms with Crippen molar-refractivity contribution >= 4 is 33.5 Å². The van der Waals surface area contributed by atoms with Gasteiger partial charge < -0.3 is 25.2 Å². The van der Waals surface area contributed by atoms with Crippen molar-refractivity contribution in [2.24, 2.45) is 5.92 Å². The van der Waals surface area contributed by atoms with Crippen LogP contribution < -0.4 is 10.4 Å². The summed E-state index contributed by atoms with van der Waals surface area (Å²) < 4.78 is 28.5. The molecule has 0 radical (unpaired) electrons. The number of nitrogens with one attached hydrogen (secondary N) is 1. The summed E-state index contributed by atoms with van der Waals surface area (Å²) in [6, 6.07) is 13.0.